The van der Waals surface area contributed by atoms with E-state index in [1.165, 1.54) is 7.11 Å². The van der Waals surface area contributed by atoms with Crippen molar-refractivity contribution in [2.45, 2.75) is 97.5 Å². The van der Waals surface area contributed by atoms with Crippen LogP contribution in [0.25, 0.3) is 0 Å². The van der Waals surface area contributed by atoms with Crippen molar-refractivity contribution in [3.63, 3.8) is 0 Å². The van der Waals surface area contributed by atoms with Gasteiger partial charge in [0.25, 0.3) is 0 Å². The fraction of sp³-hybridized carbons (Fsp3) is 0.871. The van der Waals surface area contributed by atoms with E-state index in [9.17, 15) is 19.2 Å². The Bertz CT molecular complexity index is 1070. The molecule has 0 radical (unpaired) electrons. The molecule has 42 heavy (non-hydrogen) atoms. The molecule has 0 aromatic rings. The highest BCUT2D eigenvalue weighted by molar-refractivity contribution is 5.89. The van der Waals surface area contributed by atoms with E-state index in [4.69, 9.17) is 18.9 Å². The molecular formula is C31H49N3O8. The lowest BCUT2D eigenvalue weighted by atomic mass is 9.70. The zero-order chi connectivity index (χ0) is 30.7. The number of hydrogen-bond acceptors (Lipinski definition) is 8. The lowest BCUT2D eigenvalue weighted by Gasteiger charge is -2.50. The van der Waals surface area contributed by atoms with Crippen molar-refractivity contribution < 1.29 is 38.1 Å². The Morgan fingerprint density at radius 3 is 2.17 bits per heavy atom. The molecule has 0 aromatic heterocycles. The zero-order valence-electron chi connectivity index (χ0n) is 26.3. The number of nitrogens with one attached hydrogen (secondary N) is 1. The molecule has 4 aliphatic heterocycles. The molecular weight excluding hydrogens is 542 g/mol. The van der Waals surface area contributed by atoms with Crippen molar-refractivity contribution in [2.24, 2.45) is 28.1 Å². The van der Waals surface area contributed by atoms with Gasteiger partial charge in [-0.2, -0.15) is 0 Å². The molecule has 1 N–H and O–H groups in total. The first-order chi connectivity index (χ1) is 19.6. The molecule has 2 saturated carbocycles. The largest absolute Gasteiger partial charge is 0.467 e. The number of esters is 1. The third-order valence-corrected chi connectivity index (χ3v) is 10.2. The zero-order valence-corrected chi connectivity index (χ0v) is 26.3. The molecule has 6 rings (SSSR count). The van der Waals surface area contributed by atoms with Crippen LogP contribution in [0.15, 0.2) is 0 Å². The van der Waals surface area contributed by atoms with Gasteiger partial charge in [0.1, 0.15) is 5.60 Å². The number of methoxy groups -OCH3 is 1. The van der Waals surface area contributed by atoms with E-state index in [-0.39, 0.29) is 35.1 Å². The van der Waals surface area contributed by atoms with E-state index >= 15 is 0 Å². The normalized spacial score (nSPS) is 32.1. The fourth-order valence-electron chi connectivity index (χ4n) is 7.24. The fourth-order valence-corrected chi connectivity index (χ4v) is 7.24. The van der Waals surface area contributed by atoms with Gasteiger partial charge in [-0.1, -0.05) is 13.8 Å². The number of likely N-dealkylation sites (tertiary alicyclic amines) is 2. The maximum Gasteiger partial charge on any atom is 0.410 e. The predicted octanol–water partition coefficient (Wildman–Crippen LogP) is 2.75. The van der Waals surface area contributed by atoms with Crippen molar-refractivity contribution in [2.75, 3.05) is 46.5 Å². The van der Waals surface area contributed by atoms with Crippen LogP contribution < -0.4 is 5.32 Å². The van der Waals surface area contributed by atoms with Crippen LogP contribution in [0, 0.1) is 28.1 Å². The molecule has 4 saturated heterocycles. The Hall–Kier alpha value is -2.40. The van der Waals surface area contributed by atoms with Gasteiger partial charge in [0, 0.05) is 42.9 Å². The summed E-state index contributed by atoms with van der Waals surface area (Å²) in [6.45, 7) is 13.6. The number of amides is 3. The smallest absolute Gasteiger partial charge is 0.410 e. The van der Waals surface area contributed by atoms with Crippen molar-refractivity contribution in [3.8, 4) is 0 Å². The minimum absolute atomic E-state index is 0.00136. The summed E-state index contributed by atoms with van der Waals surface area (Å²) in [7, 11) is 1.29. The second-order valence-corrected chi connectivity index (χ2v) is 15.3. The standard InChI is InChI=1S/C31H49N3O8/c1-19(40-17-30-10-8-20(9-11-30)41-18-30)23(26(37)39-7)32-24(35)22-13-33(27(38)42-28(2,3)4)14-31(22)15-34(16-31)25(36)21-12-29(21,5)6/h19-23H,8-18H2,1-7H3,(H,32,35)/t19-,20?,21-,22+,23+,30?/m1/s1. The number of nitrogens with zero attached hydrogens (tertiary/aromatic N) is 2. The summed E-state index contributed by atoms with van der Waals surface area (Å²) in [5.41, 5.74) is -1.36. The van der Waals surface area contributed by atoms with Crippen molar-refractivity contribution in [3.05, 3.63) is 0 Å². The van der Waals surface area contributed by atoms with E-state index < -0.39 is 41.1 Å². The first-order valence-corrected chi connectivity index (χ1v) is 15.5. The second kappa shape index (κ2) is 10.9. The summed E-state index contributed by atoms with van der Waals surface area (Å²) in [6, 6.07) is -1.02. The van der Waals surface area contributed by atoms with Crippen LogP contribution in [0.3, 0.4) is 0 Å². The van der Waals surface area contributed by atoms with Gasteiger partial charge in [-0.25, -0.2) is 9.59 Å². The summed E-state index contributed by atoms with van der Waals surface area (Å²) in [5.74, 6) is -1.47. The number of carbonyl (C=O) groups is 4. The van der Waals surface area contributed by atoms with Crippen LogP contribution >= 0.6 is 0 Å². The number of fused-ring (bicyclic) bond motifs is 3. The first-order valence-electron chi connectivity index (χ1n) is 15.5. The molecule has 11 heteroatoms. The van der Waals surface area contributed by atoms with Crippen LogP contribution in [0.4, 0.5) is 4.79 Å². The Labute approximate surface area is 249 Å². The summed E-state index contributed by atoms with van der Waals surface area (Å²) in [5, 5.41) is 2.91. The van der Waals surface area contributed by atoms with Gasteiger partial charge in [0.05, 0.1) is 38.4 Å². The Kier molecular flexibility index (Phi) is 8.09. The monoisotopic (exact) mass is 591 g/mol. The quantitative estimate of drug-likeness (QED) is 0.428. The Morgan fingerprint density at radius 2 is 1.64 bits per heavy atom. The van der Waals surface area contributed by atoms with Gasteiger partial charge in [0.15, 0.2) is 6.04 Å². The molecule has 0 aromatic carbocycles. The lowest BCUT2D eigenvalue weighted by molar-refractivity contribution is -0.163. The summed E-state index contributed by atoms with van der Waals surface area (Å²) < 4.78 is 22.8. The first kappa shape index (κ1) is 31.0. The number of rotatable bonds is 8. The molecule has 4 atom stereocenters. The van der Waals surface area contributed by atoms with Crippen molar-refractivity contribution >= 4 is 23.9 Å². The molecule has 0 unspecified atom stereocenters. The molecule has 11 nitrogen and oxygen atoms in total. The molecule has 3 amide bonds. The number of carbonyl (C=O) groups excluding carboxylic acids is 4. The molecule has 1 spiro atoms. The van der Waals surface area contributed by atoms with E-state index in [1.807, 2.05) is 4.90 Å². The second-order valence-electron chi connectivity index (χ2n) is 15.3. The van der Waals surface area contributed by atoms with Crippen LogP contribution in [0.2, 0.25) is 0 Å². The maximum atomic E-state index is 13.9. The van der Waals surface area contributed by atoms with Crippen LogP contribution in [0.5, 0.6) is 0 Å². The highest BCUT2D eigenvalue weighted by Gasteiger charge is 2.62. The molecule has 236 valence electrons. The summed E-state index contributed by atoms with van der Waals surface area (Å²) in [4.78, 5) is 56.3. The third kappa shape index (κ3) is 6.14. The number of hydrogen-bond donors (Lipinski definition) is 1. The van der Waals surface area contributed by atoms with E-state index in [0.29, 0.717) is 39.0 Å². The van der Waals surface area contributed by atoms with Gasteiger partial charge in [0.2, 0.25) is 11.8 Å². The van der Waals surface area contributed by atoms with Gasteiger partial charge >= 0.3 is 12.1 Å². The SMILES string of the molecule is COC(=O)[C@@H](NC(=O)[C@@H]1CN(C(=O)OC(C)(C)C)CC12CN(C(=O)[C@H]1CC1(C)C)C2)[C@@H](C)OCC12CCC(CC1)OC2. The van der Waals surface area contributed by atoms with Crippen LogP contribution in [-0.4, -0.2) is 104 Å². The highest BCUT2D eigenvalue weighted by atomic mass is 16.6. The summed E-state index contributed by atoms with van der Waals surface area (Å²) in [6.07, 6.45) is 4.17. The lowest BCUT2D eigenvalue weighted by Crippen LogP contribution is -2.65. The van der Waals surface area contributed by atoms with Crippen LogP contribution in [-0.2, 0) is 33.3 Å². The highest BCUT2D eigenvalue weighted by Crippen LogP contribution is 2.54. The van der Waals surface area contributed by atoms with Crippen LogP contribution in [0.1, 0.15) is 73.6 Å². The molecule has 2 bridgehead atoms. The van der Waals surface area contributed by atoms with Gasteiger partial charge in [-0.05, 0) is 65.2 Å². The van der Waals surface area contributed by atoms with Gasteiger partial charge in [-0.3, -0.25) is 9.59 Å². The minimum atomic E-state index is -1.02. The topological polar surface area (TPSA) is 124 Å². The van der Waals surface area contributed by atoms with Gasteiger partial charge < -0.3 is 34.1 Å². The molecule has 4 heterocycles. The molecule has 2 aliphatic carbocycles. The predicted molar refractivity (Wildman–Crippen MR) is 152 cm³/mol. The van der Waals surface area contributed by atoms with Crippen molar-refractivity contribution in [1.82, 2.24) is 15.1 Å². The van der Waals surface area contributed by atoms with E-state index in [2.05, 4.69) is 19.2 Å². The maximum absolute atomic E-state index is 13.9. The third-order valence-electron chi connectivity index (χ3n) is 10.2. The van der Waals surface area contributed by atoms with E-state index in [1.54, 1.807) is 32.6 Å². The number of ether oxygens (including phenoxy) is 4. The average molecular weight is 592 g/mol. The Balaban J connectivity index is 1.27. The summed E-state index contributed by atoms with van der Waals surface area (Å²) >= 11 is 0. The molecule has 6 aliphatic rings. The average Bonchev–Trinajstić information content (AvgIpc) is 3.37. The van der Waals surface area contributed by atoms with E-state index in [0.717, 1.165) is 32.1 Å². The van der Waals surface area contributed by atoms with Crippen molar-refractivity contribution in [1.29, 1.82) is 0 Å². The molecule has 6 fully saturated rings. The Morgan fingerprint density at radius 1 is 1.02 bits per heavy atom. The van der Waals surface area contributed by atoms with Gasteiger partial charge in [-0.15, -0.1) is 0 Å². The minimum Gasteiger partial charge on any atom is -0.467 e.